The van der Waals surface area contributed by atoms with Crippen molar-refractivity contribution in [2.24, 2.45) is 0 Å². The largest absolute Gasteiger partial charge is 0.229 e. The SMILES string of the molecule is CCS(=O)(=O)CC.c1ccc(Cc2nncs2)cc1. The number of rotatable bonds is 4. The number of nitrogens with zero attached hydrogens (tertiary/aromatic N) is 2. The molecule has 4 nitrogen and oxygen atoms in total. The lowest BCUT2D eigenvalue weighted by molar-refractivity contribution is 0.598. The highest BCUT2D eigenvalue weighted by molar-refractivity contribution is 7.91. The Morgan fingerprint density at radius 1 is 1.11 bits per heavy atom. The molecule has 0 aliphatic heterocycles. The maximum absolute atomic E-state index is 10.4. The first-order valence-electron chi connectivity index (χ1n) is 6.06. The van der Waals surface area contributed by atoms with Crippen molar-refractivity contribution in [1.29, 1.82) is 0 Å². The molecule has 1 aromatic heterocycles. The smallest absolute Gasteiger partial charge is 0.149 e. The van der Waals surface area contributed by atoms with E-state index in [0.29, 0.717) is 0 Å². The summed E-state index contributed by atoms with van der Waals surface area (Å²) in [5, 5.41) is 8.84. The van der Waals surface area contributed by atoms with Crippen molar-refractivity contribution in [2.45, 2.75) is 20.3 Å². The van der Waals surface area contributed by atoms with E-state index in [1.165, 1.54) is 5.56 Å². The number of hydrogen-bond acceptors (Lipinski definition) is 5. The molecule has 0 saturated heterocycles. The zero-order valence-corrected chi connectivity index (χ0v) is 12.7. The molecule has 6 heteroatoms. The quantitative estimate of drug-likeness (QED) is 0.870. The standard InChI is InChI=1S/C9H8N2S.C4H10O2S/c1-2-4-8(5-3-1)6-9-11-10-7-12-9;1-3-7(5,6)4-2/h1-5,7H,6H2;3-4H2,1-2H3. The number of sulfone groups is 1. The van der Waals surface area contributed by atoms with Gasteiger partial charge in [0.25, 0.3) is 0 Å². The summed E-state index contributed by atoms with van der Waals surface area (Å²) in [6, 6.07) is 10.3. The molecule has 2 aromatic rings. The highest BCUT2D eigenvalue weighted by Gasteiger charge is 1.99. The lowest BCUT2D eigenvalue weighted by Crippen LogP contribution is -2.04. The van der Waals surface area contributed by atoms with Gasteiger partial charge >= 0.3 is 0 Å². The summed E-state index contributed by atoms with van der Waals surface area (Å²) in [5.41, 5.74) is 3.05. The molecule has 0 spiro atoms. The van der Waals surface area contributed by atoms with Crippen molar-refractivity contribution in [1.82, 2.24) is 10.2 Å². The number of benzene rings is 1. The third-order valence-corrected chi connectivity index (χ3v) is 4.94. The molecule has 0 aliphatic rings. The molecule has 19 heavy (non-hydrogen) atoms. The average molecular weight is 298 g/mol. The van der Waals surface area contributed by atoms with E-state index in [9.17, 15) is 8.42 Å². The van der Waals surface area contributed by atoms with Crippen LogP contribution in [0.3, 0.4) is 0 Å². The van der Waals surface area contributed by atoms with E-state index in [1.807, 2.05) is 18.2 Å². The van der Waals surface area contributed by atoms with E-state index >= 15 is 0 Å². The van der Waals surface area contributed by atoms with Crippen LogP contribution in [0.1, 0.15) is 24.4 Å². The number of aromatic nitrogens is 2. The predicted octanol–water partition coefficient (Wildman–Crippen LogP) is 2.57. The fourth-order valence-corrected chi connectivity index (χ4v) is 2.22. The van der Waals surface area contributed by atoms with Crippen LogP contribution < -0.4 is 0 Å². The van der Waals surface area contributed by atoms with Gasteiger partial charge in [0.15, 0.2) is 0 Å². The molecule has 0 bridgehead atoms. The van der Waals surface area contributed by atoms with Crippen LogP contribution in [0.2, 0.25) is 0 Å². The Balaban J connectivity index is 0.000000224. The normalized spacial score (nSPS) is 10.6. The molecule has 0 N–H and O–H groups in total. The van der Waals surface area contributed by atoms with Crippen LogP contribution in [0.15, 0.2) is 35.8 Å². The fraction of sp³-hybridized carbons (Fsp3) is 0.385. The minimum Gasteiger partial charge on any atom is -0.229 e. The summed E-state index contributed by atoms with van der Waals surface area (Å²) in [6.45, 7) is 3.30. The van der Waals surface area contributed by atoms with Gasteiger partial charge in [-0.15, -0.1) is 21.5 Å². The molecule has 0 aliphatic carbocycles. The first kappa shape index (κ1) is 15.8. The molecule has 0 saturated carbocycles. The molecular formula is C13H18N2O2S2. The van der Waals surface area contributed by atoms with Crippen LogP contribution in [0.4, 0.5) is 0 Å². The van der Waals surface area contributed by atoms with Gasteiger partial charge < -0.3 is 0 Å². The molecule has 0 amide bonds. The van der Waals surface area contributed by atoms with Gasteiger partial charge in [-0.2, -0.15) is 0 Å². The summed E-state index contributed by atoms with van der Waals surface area (Å²) >= 11 is 1.60. The van der Waals surface area contributed by atoms with Crippen molar-refractivity contribution in [2.75, 3.05) is 11.5 Å². The Bertz CT molecular complexity index is 542. The maximum atomic E-state index is 10.4. The third-order valence-electron chi connectivity index (χ3n) is 2.48. The first-order valence-corrected chi connectivity index (χ1v) is 8.77. The average Bonchev–Trinajstić information content (AvgIpc) is 2.94. The van der Waals surface area contributed by atoms with Crippen molar-refractivity contribution >= 4 is 21.2 Å². The van der Waals surface area contributed by atoms with E-state index in [4.69, 9.17) is 0 Å². The molecule has 104 valence electrons. The lowest BCUT2D eigenvalue weighted by atomic mass is 10.2. The summed E-state index contributed by atoms with van der Waals surface area (Å²) in [6.07, 6.45) is 0.894. The van der Waals surface area contributed by atoms with E-state index < -0.39 is 9.84 Å². The van der Waals surface area contributed by atoms with Crippen molar-refractivity contribution in [3.8, 4) is 0 Å². The zero-order valence-electron chi connectivity index (χ0n) is 11.1. The van der Waals surface area contributed by atoms with Crippen molar-refractivity contribution < 1.29 is 8.42 Å². The van der Waals surface area contributed by atoms with Crippen LogP contribution in [0.5, 0.6) is 0 Å². The van der Waals surface area contributed by atoms with E-state index in [1.54, 1.807) is 30.7 Å². The number of hydrogen-bond donors (Lipinski definition) is 0. The summed E-state index contributed by atoms with van der Waals surface area (Å²) < 4.78 is 20.7. The molecule has 0 fully saturated rings. The Kier molecular flexibility index (Phi) is 6.66. The molecule has 0 unspecified atom stereocenters. The van der Waals surface area contributed by atoms with Crippen LogP contribution >= 0.6 is 11.3 Å². The predicted molar refractivity (Wildman–Crippen MR) is 79.2 cm³/mol. The highest BCUT2D eigenvalue weighted by Crippen LogP contribution is 2.09. The van der Waals surface area contributed by atoms with Crippen LogP contribution in [-0.2, 0) is 16.3 Å². The van der Waals surface area contributed by atoms with Gasteiger partial charge in [-0.1, -0.05) is 44.2 Å². The third kappa shape index (κ3) is 6.45. The lowest BCUT2D eigenvalue weighted by Gasteiger charge is -1.94. The van der Waals surface area contributed by atoms with Gasteiger partial charge in [-0.05, 0) is 5.56 Å². The molecule has 1 heterocycles. The van der Waals surface area contributed by atoms with Crippen molar-refractivity contribution in [3.05, 3.63) is 46.4 Å². The molecule has 0 atom stereocenters. The fourth-order valence-electron chi connectivity index (χ4n) is 1.25. The summed E-state index contributed by atoms with van der Waals surface area (Å²) in [7, 11) is -2.66. The van der Waals surface area contributed by atoms with Crippen LogP contribution in [0.25, 0.3) is 0 Å². The van der Waals surface area contributed by atoms with E-state index in [-0.39, 0.29) is 11.5 Å². The summed E-state index contributed by atoms with van der Waals surface area (Å²) in [5.74, 6) is 0.535. The van der Waals surface area contributed by atoms with Gasteiger partial charge in [0.05, 0.1) is 0 Å². The second-order valence-electron chi connectivity index (χ2n) is 3.82. The van der Waals surface area contributed by atoms with Gasteiger partial charge in [0, 0.05) is 17.9 Å². The molecular weight excluding hydrogens is 280 g/mol. The zero-order chi connectivity index (χ0) is 14.1. The highest BCUT2D eigenvalue weighted by atomic mass is 32.2. The minimum atomic E-state index is -2.66. The van der Waals surface area contributed by atoms with Crippen LogP contribution in [-0.4, -0.2) is 30.1 Å². The van der Waals surface area contributed by atoms with E-state index in [2.05, 4.69) is 22.3 Å². The van der Waals surface area contributed by atoms with Crippen LogP contribution in [0, 0.1) is 0 Å². The molecule has 0 radical (unpaired) electrons. The maximum Gasteiger partial charge on any atom is 0.149 e. The van der Waals surface area contributed by atoms with Gasteiger partial charge in [0.1, 0.15) is 20.4 Å². The Morgan fingerprint density at radius 3 is 2.16 bits per heavy atom. The van der Waals surface area contributed by atoms with Gasteiger partial charge in [-0.3, -0.25) is 0 Å². The summed E-state index contributed by atoms with van der Waals surface area (Å²) in [4.78, 5) is 0. The van der Waals surface area contributed by atoms with E-state index in [0.717, 1.165) is 11.4 Å². The molecule has 2 rings (SSSR count). The van der Waals surface area contributed by atoms with Crippen molar-refractivity contribution in [3.63, 3.8) is 0 Å². The van der Waals surface area contributed by atoms with Gasteiger partial charge in [-0.25, -0.2) is 8.42 Å². The first-order chi connectivity index (χ1) is 9.07. The topological polar surface area (TPSA) is 59.9 Å². The Morgan fingerprint density at radius 2 is 1.74 bits per heavy atom. The van der Waals surface area contributed by atoms with Gasteiger partial charge in [0.2, 0.25) is 0 Å². The molecule has 1 aromatic carbocycles. The Labute approximate surface area is 118 Å². The second kappa shape index (κ2) is 8.01. The Hall–Kier alpha value is -1.27. The second-order valence-corrected chi connectivity index (χ2v) is 7.38. The monoisotopic (exact) mass is 298 g/mol. The minimum absolute atomic E-state index is 0.267.